The van der Waals surface area contributed by atoms with E-state index in [2.05, 4.69) is 10.2 Å². The molecule has 168 valence electrons. The van der Waals surface area contributed by atoms with Gasteiger partial charge in [0.25, 0.3) is 0 Å². The van der Waals surface area contributed by atoms with Gasteiger partial charge in [-0.15, -0.1) is 0 Å². The van der Waals surface area contributed by atoms with Crippen molar-refractivity contribution in [2.24, 2.45) is 5.92 Å². The van der Waals surface area contributed by atoms with Crippen molar-refractivity contribution in [3.8, 4) is 0 Å². The van der Waals surface area contributed by atoms with Gasteiger partial charge in [-0.05, 0) is 63.5 Å². The maximum absolute atomic E-state index is 12.7. The molecule has 1 fully saturated rings. The molecule has 32 heavy (non-hydrogen) atoms. The molecule has 0 saturated carbocycles. The number of pyridine rings is 1. The lowest BCUT2D eigenvalue weighted by Gasteiger charge is -2.31. The lowest BCUT2D eigenvalue weighted by molar-refractivity contribution is -0.126. The standard InChI is InChI=1S/C25H29N3O4/c1-3-31-25(30)23-17(2)20-8-4-5-9-21(20)27-22(23)16-28-12-10-18(11-13-28)24(29)26-15-19-7-6-14-32-19/h4-9,14,18H,3,10-13,15-16H2,1-2H3,(H,26,29). The highest BCUT2D eigenvalue weighted by Gasteiger charge is 2.27. The summed E-state index contributed by atoms with van der Waals surface area (Å²) < 4.78 is 10.6. The minimum atomic E-state index is -0.328. The lowest BCUT2D eigenvalue weighted by atomic mass is 9.95. The zero-order valence-electron chi connectivity index (χ0n) is 18.6. The SMILES string of the molecule is CCOC(=O)c1c(CN2CCC(C(=O)NCc3ccco3)CC2)nc2ccccc2c1C. The largest absolute Gasteiger partial charge is 0.467 e. The Labute approximate surface area is 187 Å². The van der Waals surface area contributed by atoms with E-state index in [1.807, 2.05) is 50.2 Å². The van der Waals surface area contributed by atoms with E-state index in [1.54, 1.807) is 6.26 Å². The van der Waals surface area contributed by atoms with Crippen molar-refractivity contribution in [3.05, 3.63) is 65.2 Å². The Morgan fingerprint density at radius 3 is 2.69 bits per heavy atom. The fourth-order valence-corrected chi connectivity index (χ4v) is 4.33. The number of para-hydroxylation sites is 1. The van der Waals surface area contributed by atoms with Crippen LogP contribution in [-0.2, 0) is 22.6 Å². The number of hydrogen-bond donors (Lipinski definition) is 1. The molecule has 2 aromatic heterocycles. The smallest absolute Gasteiger partial charge is 0.340 e. The molecule has 0 spiro atoms. The number of fused-ring (bicyclic) bond motifs is 1. The van der Waals surface area contributed by atoms with Gasteiger partial charge in [0.15, 0.2) is 0 Å². The zero-order valence-corrected chi connectivity index (χ0v) is 18.6. The summed E-state index contributed by atoms with van der Waals surface area (Å²) in [5, 5.41) is 3.92. The number of furan rings is 1. The van der Waals surface area contributed by atoms with Crippen LogP contribution in [0.2, 0.25) is 0 Å². The topological polar surface area (TPSA) is 84.7 Å². The van der Waals surface area contributed by atoms with Crippen LogP contribution in [0.5, 0.6) is 0 Å². The van der Waals surface area contributed by atoms with Crippen molar-refractivity contribution in [1.82, 2.24) is 15.2 Å². The first kappa shape index (κ1) is 22.0. The molecule has 1 aromatic carbocycles. The van der Waals surface area contributed by atoms with Crippen LogP contribution in [0.3, 0.4) is 0 Å². The molecule has 1 aliphatic rings. The average molecular weight is 436 g/mol. The molecule has 4 rings (SSSR count). The van der Waals surface area contributed by atoms with E-state index in [4.69, 9.17) is 14.1 Å². The fourth-order valence-electron chi connectivity index (χ4n) is 4.33. The Morgan fingerprint density at radius 2 is 1.97 bits per heavy atom. The Hall–Kier alpha value is -3.19. The van der Waals surface area contributed by atoms with E-state index in [-0.39, 0.29) is 17.8 Å². The van der Waals surface area contributed by atoms with Crippen molar-refractivity contribution >= 4 is 22.8 Å². The number of aromatic nitrogens is 1. The van der Waals surface area contributed by atoms with Crippen molar-refractivity contribution in [3.63, 3.8) is 0 Å². The van der Waals surface area contributed by atoms with Crippen LogP contribution < -0.4 is 5.32 Å². The van der Waals surface area contributed by atoms with Gasteiger partial charge in [0.2, 0.25) is 5.91 Å². The number of piperidine rings is 1. The van der Waals surface area contributed by atoms with Crippen LogP contribution in [-0.4, -0.2) is 41.5 Å². The van der Waals surface area contributed by atoms with Gasteiger partial charge < -0.3 is 14.5 Å². The molecule has 3 heterocycles. The van der Waals surface area contributed by atoms with Crippen LogP contribution in [0, 0.1) is 12.8 Å². The number of amides is 1. The summed E-state index contributed by atoms with van der Waals surface area (Å²) in [6, 6.07) is 11.5. The van der Waals surface area contributed by atoms with Gasteiger partial charge in [-0.25, -0.2) is 4.79 Å². The summed E-state index contributed by atoms with van der Waals surface area (Å²) in [5.74, 6) is 0.468. The van der Waals surface area contributed by atoms with Crippen LogP contribution in [0.25, 0.3) is 10.9 Å². The molecular weight excluding hydrogens is 406 g/mol. The number of rotatable bonds is 7. The van der Waals surface area contributed by atoms with E-state index < -0.39 is 0 Å². The lowest BCUT2D eigenvalue weighted by Crippen LogP contribution is -2.40. The van der Waals surface area contributed by atoms with Gasteiger partial charge in [-0.1, -0.05) is 18.2 Å². The van der Waals surface area contributed by atoms with Crippen molar-refractivity contribution < 1.29 is 18.7 Å². The molecule has 1 N–H and O–H groups in total. The minimum Gasteiger partial charge on any atom is -0.467 e. The Bertz CT molecular complexity index is 1090. The third-order valence-corrected chi connectivity index (χ3v) is 6.06. The summed E-state index contributed by atoms with van der Waals surface area (Å²) in [6.07, 6.45) is 3.14. The summed E-state index contributed by atoms with van der Waals surface area (Å²) >= 11 is 0. The Balaban J connectivity index is 1.44. The molecule has 0 unspecified atom stereocenters. The molecule has 7 nitrogen and oxygen atoms in total. The minimum absolute atomic E-state index is 0.0166. The van der Waals surface area contributed by atoms with Crippen LogP contribution in [0.4, 0.5) is 0 Å². The number of esters is 1. The summed E-state index contributed by atoms with van der Waals surface area (Å²) in [6.45, 7) is 6.60. The molecule has 1 saturated heterocycles. The number of nitrogens with one attached hydrogen (secondary N) is 1. The molecule has 7 heteroatoms. The number of carbonyl (C=O) groups is 2. The summed E-state index contributed by atoms with van der Waals surface area (Å²) in [5.41, 5.74) is 3.07. The molecule has 0 aliphatic carbocycles. The van der Waals surface area contributed by atoms with Crippen molar-refractivity contribution in [1.29, 1.82) is 0 Å². The molecule has 3 aromatic rings. The fraction of sp³-hybridized carbons (Fsp3) is 0.400. The van der Waals surface area contributed by atoms with Gasteiger partial charge in [0, 0.05) is 17.8 Å². The second-order valence-corrected chi connectivity index (χ2v) is 8.14. The molecular formula is C25H29N3O4. The number of likely N-dealkylation sites (tertiary alicyclic amines) is 1. The highest BCUT2D eigenvalue weighted by atomic mass is 16.5. The molecule has 0 bridgehead atoms. The third kappa shape index (κ3) is 4.83. The number of carbonyl (C=O) groups excluding carboxylic acids is 2. The second-order valence-electron chi connectivity index (χ2n) is 8.14. The summed E-state index contributed by atoms with van der Waals surface area (Å²) in [4.78, 5) is 32.3. The maximum atomic E-state index is 12.7. The third-order valence-electron chi connectivity index (χ3n) is 6.06. The van der Waals surface area contributed by atoms with E-state index >= 15 is 0 Å². The predicted molar refractivity (Wildman–Crippen MR) is 121 cm³/mol. The Kier molecular flexibility index (Phi) is 6.85. The van der Waals surface area contributed by atoms with Gasteiger partial charge in [-0.3, -0.25) is 14.7 Å². The van der Waals surface area contributed by atoms with Crippen LogP contribution >= 0.6 is 0 Å². The van der Waals surface area contributed by atoms with E-state index in [0.717, 1.165) is 53.9 Å². The van der Waals surface area contributed by atoms with Crippen LogP contribution in [0.15, 0.2) is 47.1 Å². The van der Waals surface area contributed by atoms with Gasteiger partial charge in [0.1, 0.15) is 5.76 Å². The van der Waals surface area contributed by atoms with E-state index in [1.165, 1.54) is 0 Å². The van der Waals surface area contributed by atoms with Crippen molar-refractivity contribution in [2.45, 2.75) is 39.8 Å². The summed E-state index contributed by atoms with van der Waals surface area (Å²) in [7, 11) is 0. The maximum Gasteiger partial charge on any atom is 0.340 e. The molecule has 1 amide bonds. The molecule has 0 atom stereocenters. The van der Waals surface area contributed by atoms with Crippen molar-refractivity contribution in [2.75, 3.05) is 19.7 Å². The second kappa shape index (κ2) is 9.96. The predicted octanol–water partition coefficient (Wildman–Crippen LogP) is 3.84. The van der Waals surface area contributed by atoms with Gasteiger partial charge in [0.05, 0.1) is 36.2 Å². The zero-order chi connectivity index (χ0) is 22.5. The number of benzene rings is 1. The average Bonchev–Trinajstić information content (AvgIpc) is 3.32. The highest BCUT2D eigenvalue weighted by molar-refractivity contribution is 5.98. The number of hydrogen-bond acceptors (Lipinski definition) is 6. The highest BCUT2D eigenvalue weighted by Crippen LogP contribution is 2.26. The monoisotopic (exact) mass is 435 g/mol. The molecule has 1 aliphatic heterocycles. The van der Waals surface area contributed by atoms with E-state index in [0.29, 0.717) is 25.3 Å². The number of aryl methyl sites for hydroxylation is 1. The normalized spacial score (nSPS) is 15.1. The van der Waals surface area contributed by atoms with Gasteiger partial charge >= 0.3 is 5.97 Å². The van der Waals surface area contributed by atoms with Crippen LogP contribution in [0.1, 0.15) is 47.1 Å². The molecule has 0 radical (unpaired) electrons. The first-order valence-corrected chi connectivity index (χ1v) is 11.1. The quantitative estimate of drug-likeness (QED) is 0.568. The Morgan fingerprint density at radius 1 is 1.19 bits per heavy atom. The number of ether oxygens (including phenoxy) is 1. The first-order valence-electron chi connectivity index (χ1n) is 11.1. The first-order chi connectivity index (χ1) is 15.6. The number of nitrogens with zero attached hydrogens (tertiary/aromatic N) is 2. The van der Waals surface area contributed by atoms with Gasteiger partial charge in [-0.2, -0.15) is 0 Å². The van der Waals surface area contributed by atoms with E-state index in [9.17, 15) is 9.59 Å².